The molecule has 2 aliphatic heterocycles. The van der Waals surface area contributed by atoms with Gasteiger partial charge in [-0.05, 0) is 41.7 Å². The van der Waals surface area contributed by atoms with Gasteiger partial charge < -0.3 is 14.9 Å². The lowest BCUT2D eigenvalue weighted by Crippen LogP contribution is -2.33. The van der Waals surface area contributed by atoms with E-state index in [0.717, 1.165) is 42.9 Å². The molecule has 1 N–H and O–H groups in total. The number of nitrogens with zero attached hydrogens (tertiary/aromatic N) is 1. The number of carbonyl (C=O) groups excluding carboxylic acids is 1. The molecule has 4 rings (SSSR count). The Morgan fingerprint density at radius 1 is 1.45 bits per heavy atom. The molecule has 1 aromatic rings. The van der Waals surface area contributed by atoms with E-state index in [9.17, 15) is 4.79 Å². The molecule has 5 nitrogen and oxygen atoms in total. The van der Waals surface area contributed by atoms with Gasteiger partial charge in [-0.15, -0.1) is 0 Å². The first kappa shape index (κ1) is 13.6. The molecule has 0 radical (unpaired) electrons. The van der Waals surface area contributed by atoms with E-state index in [-0.39, 0.29) is 17.9 Å². The van der Waals surface area contributed by atoms with Gasteiger partial charge in [-0.3, -0.25) is 4.79 Å². The van der Waals surface area contributed by atoms with Crippen molar-refractivity contribution < 1.29 is 14.4 Å². The Morgan fingerprint density at radius 2 is 2.32 bits per heavy atom. The molecule has 3 aliphatic rings. The first-order valence-electron chi connectivity index (χ1n) is 7.97. The van der Waals surface area contributed by atoms with E-state index < -0.39 is 0 Å². The molecular weight excluding hydrogens is 280 g/mol. The Balaban J connectivity index is 1.33. The highest BCUT2D eigenvalue weighted by Crippen LogP contribution is 2.37. The van der Waals surface area contributed by atoms with Crippen molar-refractivity contribution in [2.75, 3.05) is 13.2 Å². The van der Waals surface area contributed by atoms with Gasteiger partial charge in [0.15, 0.2) is 0 Å². The van der Waals surface area contributed by atoms with Gasteiger partial charge in [0.25, 0.3) is 0 Å². The summed E-state index contributed by atoms with van der Waals surface area (Å²) in [7, 11) is 0. The van der Waals surface area contributed by atoms with E-state index in [1.165, 1.54) is 5.56 Å². The second kappa shape index (κ2) is 5.30. The number of fused-ring (bicyclic) bond motifs is 1. The van der Waals surface area contributed by atoms with Crippen LogP contribution in [0.1, 0.15) is 30.9 Å². The molecule has 116 valence electrons. The molecule has 1 amide bonds. The predicted octanol–water partition coefficient (Wildman–Crippen LogP) is 1.89. The van der Waals surface area contributed by atoms with Gasteiger partial charge >= 0.3 is 0 Å². The van der Waals surface area contributed by atoms with Crippen molar-refractivity contribution in [1.82, 2.24) is 5.32 Å². The fourth-order valence-corrected chi connectivity index (χ4v) is 3.11. The number of rotatable bonds is 4. The molecule has 0 bridgehead atoms. The lowest BCUT2D eigenvalue weighted by Gasteiger charge is -2.09. The van der Waals surface area contributed by atoms with Crippen LogP contribution in [0.3, 0.4) is 0 Å². The second-order valence-electron chi connectivity index (χ2n) is 6.46. The maximum atomic E-state index is 11.8. The fraction of sp³-hybridized carbons (Fsp3) is 0.529. The Morgan fingerprint density at radius 3 is 3.14 bits per heavy atom. The molecule has 0 spiro atoms. The molecule has 22 heavy (non-hydrogen) atoms. The number of ether oxygens (including phenoxy) is 1. The Hall–Kier alpha value is -2.04. The molecule has 5 heteroatoms. The number of hydrogen-bond acceptors (Lipinski definition) is 4. The summed E-state index contributed by atoms with van der Waals surface area (Å²) in [5, 5.41) is 7.16. The van der Waals surface area contributed by atoms with Crippen LogP contribution < -0.4 is 10.1 Å². The zero-order chi connectivity index (χ0) is 15.1. The molecule has 2 heterocycles. The topological polar surface area (TPSA) is 59.9 Å². The second-order valence-corrected chi connectivity index (χ2v) is 6.46. The Kier molecular flexibility index (Phi) is 3.28. The number of carbonyl (C=O) groups is 1. The van der Waals surface area contributed by atoms with Gasteiger partial charge in [0, 0.05) is 18.8 Å². The number of nitrogens with one attached hydrogen (secondary N) is 1. The highest BCUT2D eigenvalue weighted by atomic mass is 16.6. The van der Waals surface area contributed by atoms with Crippen molar-refractivity contribution in [1.29, 1.82) is 0 Å². The van der Waals surface area contributed by atoms with Crippen LogP contribution in [-0.4, -0.2) is 30.9 Å². The van der Waals surface area contributed by atoms with Crippen molar-refractivity contribution in [3.63, 3.8) is 0 Å². The van der Waals surface area contributed by atoms with Gasteiger partial charge in [0.1, 0.15) is 11.9 Å². The van der Waals surface area contributed by atoms with Crippen LogP contribution in [0.5, 0.6) is 5.75 Å². The lowest BCUT2D eigenvalue weighted by atomic mass is 10.0. The maximum Gasteiger partial charge on any atom is 0.223 e. The largest absolute Gasteiger partial charge is 0.493 e. The van der Waals surface area contributed by atoms with E-state index in [1.807, 2.05) is 12.1 Å². The summed E-state index contributed by atoms with van der Waals surface area (Å²) < 4.78 is 5.52. The molecule has 1 aliphatic carbocycles. The van der Waals surface area contributed by atoms with Gasteiger partial charge in [-0.2, -0.15) is 0 Å². The van der Waals surface area contributed by atoms with Crippen LogP contribution in [-0.2, 0) is 16.1 Å². The summed E-state index contributed by atoms with van der Waals surface area (Å²) in [5.74, 6) is 1.87. The monoisotopic (exact) mass is 300 g/mol. The number of amides is 1. The van der Waals surface area contributed by atoms with Crippen molar-refractivity contribution in [2.24, 2.45) is 17.0 Å². The smallest absolute Gasteiger partial charge is 0.223 e. The third-order valence-corrected chi connectivity index (χ3v) is 4.71. The Labute approximate surface area is 129 Å². The van der Waals surface area contributed by atoms with E-state index in [1.54, 1.807) is 0 Å². The van der Waals surface area contributed by atoms with Gasteiger partial charge in [0.05, 0.1) is 18.9 Å². The molecule has 0 saturated heterocycles. The molecule has 1 aromatic carbocycles. The summed E-state index contributed by atoms with van der Waals surface area (Å²) in [6, 6.07) is 6.17. The van der Waals surface area contributed by atoms with Gasteiger partial charge in [-0.25, -0.2) is 0 Å². The third kappa shape index (κ3) is 2.56. The van der Waals surface area contributed by atoms with E-state index in [4.69, 9.17) is 9.57 Å². The van der Waals surface area contributed by atoms with Gasteiger partial charge in [0.2, 0.25) is 5.91 Å². The predicted molar refractivity (Wildman–Crippen MR) is 81.9 cm³/mol. The van der Waals surface area contributed by atoms with Crippen LogP contribution >= 0.6 is 0 Å². The van der Waals surface area contributed by atoms with Gasteiger partial charge in [-0.1, -0.05) is 12.1 Å². The van der Waals surface area contributed by atoms with E-state index in [2.05, 4.69) is 23.5 Å². The first-order chi connectivity index (χ1) is 10.7. The average molecular weight is 300 g/mol. The first-order valence-corrected chi connectivity index (χ1v) is 7.97. The average Bonchev–Trinajstić information content (AvgIpc) is 2.96. The lowest BCUT2D eigenvalue weighted by molar-refractivity contribution is -0.123. The zero-order valence-corrected chi connectivity index (χ0v) is 12.7. The molecular formula is C17H20N2O3. The summed E-state index contributed by atoms with van der Waals surface area (Å²) >= 11 is 0. The normalized spacial score (nSPS) is 28.4. The molecule has 1 fully saturated rings. The van der Waals surface area contributed by atoms with E-state index in [0.29, 0.717) is 12.5 Å². The van der Waals surface area contributed by atoms with Crippen LogP contribution in [0.25, 0.3) is 0 Å². The van der Waals surface area contributed by atoms with Crippen molar-refractivity contribution in [2.45, 2.75) is 32.3 Å². The minimum atomic E-state index is -0.0579. The molecule has 1 saturated carbocycles. The summed E-state index contributed by atoms with van der Waals surface area (Å²) in [5.41, 5.74) is 3.28. The minimum Gasteiger partial charge on any atom is -0.493 e. The molecule has 3 atom stereocenters. The van der Waals surface area contributed by atoms with E-state index >= 15 is 0 Å². The van der Waals surface area contributed by atoms with Crippen LogP contribution in [0.4, 0.5) is 0 Å². The summed E-state index contributed by atoms with van der Waals surface area (Å²) in [4.78, 5) is 17.3. The van der Waals surface area contributed by atoms with Crippen LogP contribution in [0, 0.1) is 11.8 Å². The van der Waals surface area contributed by atoms with Crippen molar-refractivity contribution >= 4 is 11.6 Å². The zero-order valence-electron chi connectivity index (χ0n) is 12.7. The van der Waals surface area contributed by atoms with Crippen LogP contribution in [0.15, 0.2) is 23.4 Å². The third-order valence-electron chi connectivity index (χ3n) is 4.71. The fourth-order valence-electron chi connectivity index (χ4n) is 3.11. The minimum absolute atomic E-state index is 0.0579. The number of benzene rings is 1. The number of oxime groups is 1. The standard InChI is InChI=1S/C17H20N2O3/c1-10-6-14(10)17(20)18-9-13-8-15(19-22-13)11-2-3-16-12(7-11)4-5-21-16/h2-3,7,10,13-14H,4-6,8-9H2,1H3,(H,18,20)/t10-,13+,14+/m1/s1. The SMILES string of the molecule is C[C@@H]1C[C@@H]1C(=O)NC[C@@H]1CC(c2ccc3c(c2)CCO3)=NO1. The highest BCUT2D eigenvalue weighted by Gasteiger charge is 2.39. The Bertz CT molecular complexity index is 641. The number of hydrogen-bond donors (Lipinski definition) is 1. The summed E-state index contributed by atoms with van der Waals surface area (Å²) in [6.07, 6.45) is 2.64. The van der Waals surface area contributed by atoms with Crippen LogP contribution in [0.2, 0.25) is 0 Å². The quantitative estimate of drug-likeness (QED) is 0.923. The van der Waals surface area contributed by atoms with Crippen molar-refractivity contribution in [3.8, 4) is 5.75 Å². The molecule has 0 unspecified atom stereocenters. The highest BCUT2D eigenvalue weighted by molar-refractivity contribution is 6.01. The molecule has 0 aromatic heterocycles. The van der Waals surface area contributed by atoms with Crippen molar-refractivity contribution in [3.05, 3.63) is 29.3 Å². The summed E-state index contributed by atoms with van der Waals surface area (Å²) in [6.45, 7) is 3.40. The maximum absolute atomic E-state index is 11.8.